The molecular formula is C10H10F4N4O3. The van der Waals surface area contributed by atoms with E-state index in [0.717, 1.165) is 12.3 Å². The van der Waals surface area contributed by atoms with Gasteiger partial charge in [-0.2, -0.15) is 8.78 Å². The van der Waals surface area contributed by atoms with Crippen LogP contribution in [0.25, 0.3) is 0 Å². The molecule has 0 atom stereocenters. The summed E-state index contributed by atoms with van der Waals surface area (Å²) in [5, 5.41) is 14.8. The number of anilines is 1. The summed E-state index contributed by atoms with van der Waals surface area (Å²) in [6.07, 6.45) is -2.92. The van der Waals surface area contributed by atoms with Gasteiger partial charge >= 0.3 is 18.0 Å². The normalized spacial score (nSPS) is 11.3. The summed E-state index contributed by atoms with van der Waals surface area (Å²) in [4.78, 5) is 25.2. The summed E-state index contributed by atoms with van der Waals surface area (Å²) >= 11 is 0. The molecule has 0 bridgehead atoms. The Morgan fingerprint density at radius 2 is 2.14 bits per heavy atom. The van der Waals surface area contributed by atoms with Crippen LogP contribution in [0.5, 0.6) is 0 Å². The number of hydrogen-bond donors (Lipinski definition) is 2. The average molecular weight is 310 g/mol. The van der Waals surface area contributed by atoms with Crippen molar-refractivity contribution in [3.05, 3.63) is 27.9 Å². The lowest BCUT2D eigenvalue weighted by Crippen LogP contribution is -2.41. The van der Waals surface area contributed by atoms with E-state index in [-0.39, 0.29) is 5.82 Å². The zero-order valence-electron chi connectivity index (χ0n) is 10.6. The zero-order valence-corrected chi connectivity index (χ0v) is 10.6. The van der Waals surface area contributed by atoms with E-state index in [9.17, 15) is 32.5 Å². The highest BCUT2D eigenvalue weighted by Crippen LogP contribution is 2.26. The standard InChI is InChI=1S/C10H10F4N4O3/c1-15-7-6(18(20)21)5(2-3-16-7)8(19)17-4-10(13,14)9(11)12/h2-3,9H,4H2,1H3,(H,15,16)(H,17,19). The molecule has 0 unspecified atom stereocenters. The van der Waals surface area contributed by atoms with Crippen molar-refractivity contribution < 1.29 is 27.3 Å². The lowest BCUT2D eigenvalue weighted by atomic mass is 10.2. The third-order valence-electron chi connectivity index (χ3n) is 2.39. The molecular weight excluding hydrogens is 300 g/mol. The van der Waals surface area contributed by atoms with Crippen LogP contribution in [0.15, 0.2) is 12.3 Å². The first kappa shape index (κ1) is 16.6. The number of amides is 1. The molecule has 1 amide bonds. The molecule has 0 saturated heterocycles. The minimum Gasteiger partial charge on any atom is -0.367 e. The first-order valence-corrected chi connectivity index (χ1v) is 5.46. The van der Waals surface area contributed by atoms with Crippen LogP contribution in [0.2, 0.25) is 0 Å². The van der Waals surface area contributed by atoms with Gasteiger partial charge in [-0.1, -0.05) is 0 Å². The second-order valence-corrected chi connectivity index (χ2v) is 3.81. The van der Waals surface area contributed by atoms with Gasteiger partial charge in [0.25, 0.3) is 5.91 Å². The van der Waals surface area contributed by atoms with Crippen molar-refractivity contribution in [2.45, 2.75) is 12.3 Å². The van der Waals surface area contributed by atoms with Gasteiger partial charge in [0, 0.05) is 13.2 Å². The van der Waals surface area contributed by atoms with E-state index in [1.165, 1.54) is 12.4 Å². The number of nitro groups is 1. The van der Waals surface area contributed by atoms with E-state index >= 15 is 0 Å². The quantitative estimate of drug-likeness (QED) is 0.473. The first-order valence-electron chi connectivity index (χ1n) is 5.46. The average Bonchev–Trinajstić information content (AvgIpc) is 2.43. The van der Waals surface area contributed by atoms with E-state index in [1.807, 2.05) is 0 Å². The van der Waals surface area contributed by atoms with Crippen LogP contribution in [-0.4, -0.2) is 41.8 Å². The number of rotatable bonds is 6. The van der Waals surface area contributed by atoms with Crippen molar-refractivity contribution in [3.63, 3.8) is 0 Å². The van der Waals surface area contributed by atoms with Gasteiger partial charge in [-0.15, -0.1) is 0 Å². The monoisotopic (exact) mass is 310 g/mol. The molecule has 0 aliphatic rings. The summed E-state index contributed by atoms with van der Waals surface area (Å²) in [5.74, 6) is -5.96. The molecule has 1 rings (SSSR count). The van der Waals surface area contributed by atoms with Crippen LogP contribution >= 0.6 is 0 Å². The Labute approximate surface area is 115 Å². The van der Waals surface area contributed by atoms with Gasteiger partial charge in [-0.3, -0.25) is 14.9 Å². The van der Waals surface area contributed by atoms with Crippen LogP contribution in [0.3, 0.4) is 0 Å². The predicted octanol–water partition coefficient (Wildman–Crippen LogP) is 1.66. The molecule has 0 spiro atoms. The Morgan fingerprint density at radius 1 is 1.52 bits per heavy atom. The second-order valence-electron chi connectivity index (χ2n) is 3.81. The number of nitrogens with one attached hydrogen (secondary N) is 2. The minimum atomic E-state index is -4.43. The van der Waals surface area contributed by atoms with Crippen LogP contribution in [-0.2, 0) is 0 Å². The minimum absolute atomic E-state index is 0.256. The van der Waals surface area contributed by atoms with Gasteiger partial charge in [0.2, 0.25) is 5.82 Å². The second kappa shape index (κ2) is 6.33. The molecule has 0 aliphatic heterocycles. The van der Waals surface area contributed by atoms with Gasteiger partial charge in [0.15, 0.2) is 0 Å². The number of alkyl halides is 4. The smallest absolute Gasteiger partial charge is 0.324 e. The maximum Gasteiger partial charge on any atom is 0.324 e. The number of nitrogens with zero attached hydrogens (tertiary/aromatic N) is 2. The highest BCUT2D eigenvalue weighted by molar-refractivity contribution is 5.99. The Bertz CT molecular complexity index is 553. The fourth-order valence-electron chi connectivity index (χ4n) is 1.38. The van der Waals surface area contributed by atoms with Crippen molar-refractivity contribution in [1.82, 2.24) is 10.3 Å². The summed E-state index contributed by atoms with van der Waals surface area (Å²) in [6, 6.07) is 0.925. The van der Waals surface area contributed by atoms with E-state index in [0.29, 0.717) is 0 Å². The molecule has 0 aromatic carbocycles. The molecule has 21 heavy (non-hydrogen) atoms. The first-order chi connectivity index (χ1) is 9.70. The highest BCUT2D eigenvalue weighted by atomic mass is 19.3. The number of carbonyl (C=O) groups is 1. The topological polar surface area (TPSA) is 97.2 Å². The fourth-order valence-corrected chi connectivity index (χ4v) is 1.38. The molecule has 0 saturated carbocycles. The van der Waals surface area contributed by atoms with Crippen LogP contribution in [0.4, 0.5) is 29.1 Å². The SMILES string of the molecule is CNc1nccc(C(=O)NCC(F)(F)C(F)F)c1[N+](=O)[O-]. The molecule has 2 N–H and O–H groups in total. The fraction of sp³-hybridized carbons (Fsp3) is 0.400. The van der Waals surface area contributed by atoms with Gasteiger partial charge in [-0.25, -0.2) is 13.8 Å². The van der Waals surface area contributed by atoms with Crippen molar-refractivity contribution in [2.75, 3.05) is 18.9 Å². The molecule has 1 heterocycles. The molecule has 1 aromatic rings. The summed E-state index contributed by atoms with van der Waals surface area (Å²) in [7, 11) is 1.31. The van der Waals surface area contributed by atoms with E-state index in [2.05, 4.69) is 10.3 Å². The molecule has 7 nitrogen and oxygen atoms in total. The van der Waals surface area contributed by atoms with Crippen LogP contribution in [0, 0.1) is 10.1 Å². The highest BCUT2D eigenvalue weighted by Gasteiger charge is 2.41. The van der Waals surface area contributed by atoms with Crippen LogP contribution < -0.4 is 10.6 Å². The molecule has 11 heteroatoms. The largest absolute Gasteiger partial charge is 0.367 e. The van der Waals surface area contributed by atoms with Gasteiger partial charge in [0.1, 0.15) is 5.56 Å². The maximum absolute atomic E-state index is 12.7. The Hall–Kier alpha value is -2.46. The van der Waals surface area contributed by atoms with Gasteiger partial charge < -0.3 is 10.6 Å². The van der Waals surface area contributed by atoms with Crippen molar-refractivity contribution >= 4 is 17.4 Å². The zero-order chi connectivity index (χ0) is 16.2. The van der Waals surface area contributed by atoms with E-state index < -0.39 is 41.0 Å². The Kier molecular flexibility index (Phi) is 5.00. The third kappa shape index (κ3) is 3.77. The third-order valence-corrected chi connectivity index (χ3v) is 2.39. The van der Waals surface area contributed by atoms with E-state index in [1.54, 1.807) is 0 Å². The molecule has 0 radical (unpaired) electrons. The van der Waals surface area contributed by atoms with Crippen LogP contribution in [0.1, 0.15) is 10.4 Å². The number of carbonyl (C=O) groups excluding carboxylic acids is 1. The number of pyridine rings is 1. The van der Waals surface area contributed by atoms with Crippen molar-refractivity contribution in [3.8, 4) is 0 Å². The van der Waals surface area contributed by atoms with Gasteiger partial charge in [0.05, 0.1) is 11.5 Å². The lowest BCUT2D eigenvalue weighted by Gasteiger charge is -2.15. The van der Waals surface area contributed by atoms with Crippen molar-refractivity contribution in [2.24, 2.45) is 0 Å². The summed E-state index contributed by atoms with van der Waals surface area (Å²) < 4.78 is 49.3. The van der Waals surface area contributed by atoms with Gasteiger partial charge in [-0.05, 0) is 6.07 Å². The Balaban J connectivity index is 3.01. The maximum atomic E-state index is 12.7. The van der Waals surface area contributed by atoms with Crippen molar-refractivity contribution in [1.29, 1.82) is 0 Å². The summed E-state index contributed by atoms with van der Waals surface area (Å²) in [5.41, 5.74) is -1.30. The lowest BCUT2D eigenvalue weighted by molar-refractivity contribution is -0.384. The molecule has 116 valence electrons. The number of halogens is 4. The molecule has 0 fully saturated rings. The molecule has 1 aromatic heterocycles. The Morgan fingerprint density at radius 3 is 2.62 bits per heavy atom. The number of aromatic nitrogens is 1. The molecule has 0 aliphatic carbocycles. The summed E-state index contributed by atoms with van der Waals surface area (Å²) in [6.45, 7) is -1.64. The van der Waals surface area contributed by atoms with E-state index in [4.69, 9.17) is 0 Å². The number of hydrogen-bond acceptors (Lipinski definition) is 5. The predicted molar refractivity (Wildman–Crippen MR) is 63.7 cm³/mol.